The normalized spacial score (nSPS) is 14.3. The van der Waals surface area contributed by atoms with E-state index in [4.69, 9.17) is 4.74 Å². The highest BCUT2D eigenvalue weighted by Gasteiger charge is 2.32. The number of hydrogen-bond donors (Lipinski definition) is 2. The van der Waals surface area contributed by atoms with Crippen LogP contribution in [0.15, 0.2) is 48.5 Å². The van der Waals surface area contributed by atoms with Gasteiger partial charge in [0.15, 0.2) is 0 Å². The Bertz CT molecular complexity index is 961. The van der Waals surface area contributed by atoms with E-state index in [1.54, 1.807) is 19.0 Å². The molecule has 8 nitrogen and oxygen atoms in total. The van der Waals surface area contributed by atoms with E-state index in [2.05, 4.69) is 17.4 Å². The molecule has 1 aliphatic carbocycles. The molecule has 2 aromatic rings. The number of benzene rings is 2. The van der Waals surface area contributed by atoms with Crippen LogP contribution in [-0.2, 0) is 14.3 Å². The molecule has 8 heteroatoms. The third-order valence-corrected chi connectivity index (χ3v) is 5.77. The monoisotopic (exact) mass is 439 g/mol. The van der Waals surface area contributed by atoms with Crippen LogP contribution in [0.4, 0.5) is 4.79 Å². The number of carboxylic acid groups (broad SMARTS) is 1. The second kappa shape index (κ2) is 9.82. The quantitative estimate of drug-likeness (QED) is 0.655. The van der Waals surface area contributed by atoms with Gasteiger partial charge in [-0.1, -0.05) is 48.5 Å². The molecule has 2 aromatic carbocycles. The molecule has 2 unspecified atom stereocenters. The first kappa shape index (κ1) is 23.3. The Labute approximate surface area is 187 Å². The van der Waals surface area contributed by atoms with Crippen LogP contribution in [0.2, 0.25) is 0 Å². The number of rotatable bonds is 8. The van der Waals surface area contributed by atoms with Gasteiger partial charge in [0.25, 0.3) is 0 Å². The van der Waals surface area contributed by atoms with Crippen LogP contribution in [0.3, 0.4) is 0 Å². The zero-order valence-electron chi connectivity index (χ0n) is 18.7. The van der Waals surface area contributed by atoms with Crippen LogP contribution >= 0.6 is 0 Å². The molecular weight excluding hydrogens is 410 g/mol. The summed E-state index contributed by atoms with van der Waals surface area (Å²) in [5, 5.41) is 11.8. The first-order valence-corrected chi connectivity index (χ1v) is 10.5. The molecule has 3 rings (SSSR count). The van der Waals surface area contributed by atoms with E-state index in [0.29, 0.717) is 0 Å². The van der Waals surface area contributed by atoms with Crippen molar-refractivity contribution in [2.75, 3.05) is 34.3 Å². The maximum Gasteiger partial charge on any atom is 0.407 e. The maximum atomic E-state index is 12.8. The fourth-order valence-electron chi connectivity index (χ4n) is 3.94. The maximum absolute atomic E-state index is 12.8. The minimum atomic E-state index is -1.12. The van der Waals surface area contributed by atoms with Crippen molar-refractivity contribution in [2.24, 2.45) is 0 Å². The number of aliphatic carboxylic acids is 1. The van der Waals surface area contributed by atoms with Crippen molar-refractivity contribution in [3.05, 3.63) is 59.7 Å². The lowest BCUT2D eigenvalue weighted by atomic mass is 9.98. The molecule has 1 aliphatic rings. The van der Waals surface area contributed by atoms with Crippen LogP contribution in [-0.4, -0.2) is 79.3 Å². The summed E-state index contributed by atoms with van der Waals surface area (Å²) in [5.41, 5.74) is 4.44. The molecule has 0 aromatic heterocycles. The fourth-order valence-corrected chi connectivity index (χ4v) is 3.94. The molecule has 32 heavy (non-hydrogen) atoms. The summed E-state index contributed by atoms with van der Waals surface area (Å²) in [4.78, 5) is 39.5. The molecule has 2 N–H and O–H groups in total. The molecule has 0 bridgehead atoms. The Kier molecular flexibility index (Phi) is 7.15. The van der Waals surface area contributed by atoms with Crippen LogP contribution in [0.25, 0.3) is 11.1 Å². The Hall–Kier alpha value is -3.39. The third-order valence-electron chi connectivity index (χ3n) is 5.77. The van der Waals surface area contributed by atoms with E-state index < -0.39 is 30.1 Å². The second-order valence-corrected chi connectivity index (χ2v) is 8.25. The highest BCUT2D eigenvalue weighted by molar-refractivity contribution is 5.89. The summed E-state index contributed by atoms with van der Waals surface area (Å²) in [6.07, 6.45) is -0.719. The first-order valence-electron chi connectivity index (χ1n) is 10.5. The van der Waals surface area contributed by atoms with Crippen molar-refractivity contribution in [3.8, 4) is 11.1 Å². The summed E-state index contributed by atoms with van der Waals surface area (Å²) in [6.45, 7) is 1.75. The van der Waals surface area contributed by atoms with Gasteiger partial charge in [-0.3, -0.25) is 4.79 Å². The minimum absolute atomic E-state index is 0.0918. The van der Waals surface area contributed by atoms with E-state index >= 15 is 0 Å². The summed E-state index contributed by atoms with van der Waals surface area (Å²) in [6, 6.07) is 14.1. The summed E-state index contributed by atoms with van der Waals surface area (Å²) in [7, 11) is 4.93. The molecular formula is C24H29N3O5. The summed E-state index contributed by atoms with van der Waals surface area (Å²) >= 11 is 0. The number of fused-ring (bicyclic) bond motifs is 3. The molecule has 0 spiro atoms. The highest BCUT2D eigenvalue weighted by atomic mass is 16.5. The molecule has 0 saturated carbocycles. The van der Waals surface area contributed by atoms with E-state index in [-0.39, 0.29) is 19.1 Å². The smallest absolute Gasteiger partial charge is 0.407 e. The number of nitrogens with zero attached hydrogens (tertiary/aromatic N) is 2. The van der Waals surface area contributed by atoms with E-state index in [1.807, 2.05) is 36.4 Å². The van der Waals surface area contributed by atoms with E-state index in [0.717, 1.165) is 27.2 Å². The molecule has 2 atom stereocenters. The highest BCUT2D eigenvalue weighted by Crippen LogP contribution is 2.44. The topological polar surface area (TPSA) is 99.2 Å². The number of amides is 2. The van der Waals surface area contributed by atoms with Gasteiger partial charge in [-0.25, -0.2) is 9.59 Å². The Balaban J connectivity index is 1.69. The summed E-state index contributed by atoms with van der Waals surface area (Å²) < 4.78 is 5.53. The minimum Gasteiger partial charge on any atom is -0.480 e. The lowest BCUT2D eigenvalue weighted by Gasteiger charge is -2.28. The van der Waals surface area contributed by atoms with Crippen LogP contribution < -0.4 is 5.32 Å². The number of hydrogen-bond acceptors (Lipinski definition) is 5. The van der Waals surface area contributed by atoms with Crippen molar-refractivity contribution in [3.63, 3.8) is 0 Å². The number of likely N-dealkylation sites (N-methyl/N-ethyl adjacent to an activating group) is 2. The molecule has 0 radical (unpaired) electrons. The van der Waals surface area contributed by atoms with Gasteiger partial charge in [-0.05, 0) is 43.3 Å². The predicted octanol–water partition coefficient (Wildman–Crippen LogP) is 2.39. The van der Waals surface area contributed by atoms with Crippen molar-refractivity contribution in [2.45, 2.75) is 24.9 Å². The van der Waals surface area contributed by atoms with Gasteiger partial charge < -0.3 is 25.0 Å². The van der Waals surface area contributed by atoms with Gasteiger partial charge in [-0.15, -0.1) is 0 Å². The number of alkyl carbamates (subject to hydrolysis) is 1. The number of ether oxygens (including phenoxy) is 1. The van der Waals surface area contributed by atoms with Crippen LogP contribution in [0.5, 0.6) is 0 Å². The number of nitrogens with one attached hydrogen (secondary N) is 1. The Morgan fingerprint density at radius 2 is 1.53 bits per heavy atom. The molecule has 2 amide bonds. The van der Waals surface area contributed by atoms with Crippen molar-refractivity contribution >= 4 is 18.0 Å². The summed E-state index contributed by atoms with van der Waals surface area (Å²) in [5.74, 6) is -1.71. The molecule has 0 heterocycles. The molecule has 0 saturated heterocycles. The van der Waals surface area contributed by atoms with Crippen LogP contribution in [0.1, 0.15) is 24.0 Å². The third kappa shape index (κ3) is 4.91. The SMILES string of the molecule is CC(C(=O)O)N(C)C(=O)C(CN(C)C)NC(=O)OCC1c2ccccc2-c2ccccc21. The largest absolute Gasteiger partial charge is 0.480 e. The zero-order chi connectivity index (χ0) is 23.4. The van der Waals surface area contributed by atoms with Crippen LogP contribution in [0, 0.1) is 0 Å². The van der Waals surface area contributed by atoms with Gasteiger partial charge in [-0.2, -0.15) is 0 Å². The Morgan fingerprint density at radius 3 is 2.03 bits per heavy atom. The first-order chi connectivity index (χ1) is 15.2. The lowest BCUT2D eigenvalue weighted by Crippen LogP contribution is -2.55. The fraction of sp³-hybridized carbons (Fsp3) is 0.375. The van der Waals surface area contributed by atoms with Gasteiger partial charge in [0, 0.05) is 19.5 Å². The van der Waals surface area contributed by atoms with E-state index in [1.165, 1.54) is 14.0 Å². The molecule has 0 aliphatic heterocycles. The average molecular weight is 440 g/mol. The van der Waals surface area contributed by atoms with Gasteiger partial charge in [0.2, 0.25) is 5.91 Å². The van der Waals surface area contributed by atoms with Gasteiger partial charge in [0.1, 0.15) is 18.7 Å². The standard InChI is InChI=1S/C24H29N3O5/c1-15(23(29)30)27(4)22(28)21(13-26(2)3)25-24(31)32-14-20-18-11-7-5-9-16(18)17-10-6-8-12-19(17)20/h5-12,15,20-21H,13-14H2,1-4H3,(H,25,31)(H,29,30). The zero-order valence-corrected chi connectivity index (χ0v) is 18.7. The lowest BCUT2D eigenvalue weighted by molar-refractivity contribution is -0.149. The number of carboxylic acids is 1. The Morgan fingerprint density at radius 1 is 1.00 bits per heavy atom. The van der Waals surface area contributed by atoms with Crippen molar-refractivity contribution in [1.29, 1.82) is 0 Å². The van der Waals surface area contributed by atoms with Gasteiger partial charge >= 0.3 is 12.1 Å². The number of carbonyl (C=O) groups is 3. The van der Waals surface area contributed by atoms with E-state index in [9.17, 15) is 19.5 Å². The van der Waals surface area contributed by atoms with Gasteiger partial charge in [0.05, 0.1) is 0 Å². The van der Waals surface area contributed by atoms with Crippen molar-refractivity contribution < 1.29 is 24.2 Å². The second-order valence-electron chi connectivity index (χ2n) is 8.25. The molecule has 170 valence electrons. The predicted molar refractivity (Wildman–Crippen MR) is 120 cm³/mol. The number of carbonyl (C=O) groups excluding carboxylic acids is 2. The molecule has 0 fully saturated rings. The van der Waals surface area contributed by atoms with Crippen molar-refractivity contribution in [1.82, 2.24) is 15.1 Å². The average Bonchev–Trinajstić information content (AvgIpc) is 3.09.